The fourth-order valence-corrected chi connectivity index (χ4v) is 1.52. The number of rotatable bonds is 5. The molecule has 1 aromatic rings. The van der Waals surface area contributed by atoms with Crippen molar-refractivity contribution in [1.82, 2.24) is 5.32 Å². The number of carbonyl (C=O) groups excluding carboxylic acids is 1. The summed E-state index contributed by atoms with van der Waals surface area (Å²) >= 11 is 0. The third-order valence-corrected chi connectivity index (χ3v) is 2.53. The van der Waals surface area contributed by atoms with Gasteiger partial charge in [0.25, 0.3) is 5.91 Å². The Morgan fingerprint density at radius 3 is 2.80 bits per heavy atom. The van der Waals surface area contributed by atoms with E-state index in [1.54, 1.807) is 0 Å². The van der Waals surface area contributed by atoms with Crippen molar-refractivity contribution in [2.45, 2.75) is 6.42 Å². The first kappa shape index (κ1) is 11.7. The van der Waals surface area contributed by atoms with Crippen LogP contribution < -0.4 is 10.5 Å². The molecule has 1 amide bonds. The smallest absolute Gasteiger partial charge is 0.254 e. The molecule has 6 nitrogen and oxygen atoms in total. The van der Waals surface area contributed by atoms with E-state index in [0.29, 0.717) is 12.0 Å². The van der Waals surface area contributed by atoms with Gasteiger partial charge in [-0.25, -0.2) is 13.6 Å². The average molecular weight is 232 g/mol. The molecule has 0 aromatic carbocycles. The molecule has 0 saturated carbocycles. The van der Waals surface area contributed by atoms with Crippen LogP contribution in [-0.2, 0) is 10.0 Å². The number of furan rings is 1. The lowest BCUT2D eigenvalue weighted by Gasteiger charge is -2.01. The second kappa shape index (κ2) is 4.94. The lowest BCUT2D eigenvalue weighted by Crippen LogP contribution is -2.26. The number of amides is 1. The van der Waals surface area contributed by atoms with Gasteiger partial charge in [-0.05, 0) is 12.5 Å². The average Bonchev–Trinajstić information content (AvgIpc) is 2.63. The van der Waals surface area contributed by atoms with Gasteiger partial charge in [-0.15, -0.1) is 0 Å². The van der Waals surface area contributed by atoms with E-state index in [-0.39, 0.29) is 18.2 Å². The largest absolute Gasteiger partial charge is 0.472 e. The Labute approximate surface area is 87.5 Å². The van der Waals surface area contributed by atoms with Gasteiger partial charge in [-0.3, -0.25) is 4.79 Å². The molecule has 0 fully saturated rings. The van der Waals surface area contributed by atoms with Crippen molar-refractivity contribution < 1.29 is 17.6 Å². The lowest BCUT2D eigenvalue weighted by atomic mass is 10.3. The highest BCUT2D eigenvalue weighted by Gasteiger charge is 2.06. The van der Waals surface area contributed by atoms with E-state index in [0.717, 1.165) is 0 Å². The molecule has 0 aliphatic rings. The van der Waals surface area contributed by atoms with Gasteiger partial charge >= 0.3 is 0 Å². The predicted molar refractivity (Wildman–Crippen MR) is 53.6 cm³/mol. The van der Waals surface area contributed by atoms with Crippen molar-refractivity contribution in [2.75, 3.05) is 12.3 Å². The van der Waals surface area contributed by atoms with Crippen LogP contribution in [0.5, 0.6) is 0 Å². The minimum absolute atomic E-state index is 0.140. The summed E-state index contributed by atoms with van der Waals surface area (Å²) in [4.78, 5) is 11.3. The summed E-state index contributed by atoms with van der Waals surface area (Å²) in [5.74, 6) is -0.434. The first-order valence-electron chi connectivity index (χ1n) is 4.30. The topological polar surface area (TPSA) is 102 Å². The maximum atomic E-state index is 11.3. The highest BCUT2D eigenvalue weighted by Crippen LogP contribution is 1.98. The predicted octanol–water partition coefficient (Wildman–Crippen LogP) is -0.312. The van der Waals surface area contributed by atoms with Crippen LogP contribution in [0.15, 0.2) is 23.0 Å². The molecule has 7 heteroatoms. The van der Waals surface area contributed by atoms with Crippen molar-refractivity contribution in [3.05, 3.63) is 24.2 Å². The molecule has 1 aromatic heterocycles. The number of carbonyl (C=O) groups is 1. The molecule has 15 heavy (non-hydrogen) atoms. The Hall–Kier alpha value is -1.34. The SMILES string of the molecule is NS(=O)(=O)CCCNC(=O)c1ccoc1. The van der Waals surface area contributed by atoms with Crippen molar-refractivity contribution in [2.24, 2.45) is 5.14 Å². The van der Waals surface area contributed by atoms with Gasteiger partial charge in [0.2, 0.25) is 10.0 Å². The minimum atomic E-state index is -3.45. The highest BCUT2D eigenvalue weighted by molar-refractivity contribution is 7.89. The van der Waals surface area contributed by atoms with Crippen molar-refractivity contribution in [3.63, 3.8) is 0 Å². The molecule has 0 atom stereocenters. The number of nitrogens with two attached hydrogens (primary N) is 1. The zero-order chi connectivity index (χ0) is 11.3. The van der Waals surface area contributed by atoms with Crippen LogP contribution in [0.1, 0.15) is 16.8 Å². The Morgan fingerprint density at radius 2 is 2.27 bits per heavy atom. The zero-order valence-corrected chi connectivity index (χ0v) is 8.79. The highest BCUT2D eigenvalue weighted by atomic mass is 32.2. The number of hydrogen-bond donors (Lipinski definition) is 2. The van der Waals surface area contributed by atoms with Crippen molar-refractivity contribution >= 4 is 15.9 Å². The van der Waals surface area contributed by atoms with Gasteiger partial charge in [0.1, 0.15) is 6.26 Å². The maximum Gasteiger partial charge on any atom is 0.254 e. The molecular formula is C8H12N2O4S. The molecule has 0 spiro atoms. The molecule has 0 aliphatic heterocycles. The molecule has 1 rings (SSSR count). The van der Waals surface area contributed by atoms with Crippen LogP contribution >= 0.6 is 0 Å². The monoisotopic (exact) mass is 232 g/mol. The van der Waals surface area contributed by atoms with E-state index in [1.807, 2.05) is 0 Å². The first-order valence-corrected chi connectivity index (χ1v) is 6.01. The van der Waals surface area contributed by atoms with Crippen LogP contribution in [0.25, 0.3) is 0 Å². The molecule has 0 radical (unpaired) electrons. The number of nitrogens with one attached hydrogen (secondary N) is 1. The lowest BCUT2D eigenvalue weighted by molar-refractivity contribution is 0.0953. The Kier molecular flexibility index (Phi) is 3.87. The zero-order valence-electron chi connectivity index (χ0n) is 7.97. The normalized spacial score (nSPS) is 11.3. The van der Waals surface area contributed by atoms with Gasteiger partial charge in [0, 0.05) is 6.54 Å². The number of hydrogen-bond acceptors (Lipinski definition) is 4. The molecule has 1 heterocycles. The van der Waals surface area contributed by atoms with Crippen molar-refractivity contribution in [1.29, 1.82) is 0 Å². The van der Waals surface area contributed by atoms with E-state index in [2.05, 4.69) is 5.32 Å². The fraction of sp³-hybridized carbons (Fsp3) is 0.375. The van der Waals surface area contributed by atoms with Gasteiger partial charge in [-0.2, -0.15) is 0 Å². The Balaban J connectivity index is 2.24. The molecule has 3 N–H and O–H groups in total. The van der Waals surface area contributed by atoms with Crippen LogP contribution in [0.3, 0.4) is 0 Å². The summed E-state index contributed by atoms with van der Waals surface area (Å²) < 4.78 is 25.8. The van der Waals surface area contributed by atoms with Crippen LogP contribution in [-0.4, -0.2) is 26.6 Å². The second-order valence-electron chi connectivity index (χ2n) is 2.99. The van der Waals surface area contributed by atoms with Gasteiger partial charge in [0.15, 0.2) is 0 Å². The van der Waals surface area contributed by atoms with E-state index in [1.165, 1.54) is 18.6 Å². The van der Waals surface area contributed by atoms with E-state index < -0.39 is 10.0 Å². The summed E-state index contributed by atoms with van der Waals surface area (Å²) in [6.45, 7) is 0.264. The Morgan fingerprint density at radius 1 is 1.53 bits per heavy atom. The van der Waals surface area contributed by atoms with Gasteiger partial charge < -0.3 is 9.73 Å². The quantitative estimate of drug-likeness (QED) is 0.679. The minimum Gasteiger partial charge on any atom is -0.472 e. The Bertz CT molecular complexity index is 410. The third kappa shape index (κ3) is 4.61. The summed E-state index contributed by atoms with van der Waals surface area (Å²) in [5, 5.41) is 7.33. The molecule has 0 unspecified atom stereocenters. The van der Waals surface area contributed by atoms with E-state index in [9.17, 15) is 13.2 Å². The van der Waals surface area contributed by atoms with Crippen LogP contribution in [0.4, 0.5) is 0 Å². The third-order valence-electron chi connectivity index (χ3n) is 1.67. The summed E-state index contributed by atoms with van der Waals surface area (Å²) in [6.07, 6.45) is 3.00. The van der Waals surface area contributed by atoms with E-state index >= 15 is 0 Å². The maximum absolute atomic E-state index is 11.3. The number of sulfonamides is 1. The summed E-state index contributed by atoms with van der Waals surface area (Å²) in [5.41, 5.74) is 0.408. The molecular weight excluding hydrogens is 220 g/mol. The molecule has 84 valence electrons. The fourth-order valence-electron chi connectivity index (χ4n) is 0.971. The van der Waals surface area contributed by atoms with E-state index in [4.69, 9.17) is 9.56 Å². The number of primary sulfonamides is 1. The second-order valence-corrected chi connectivity index (χ2v) is 4.72. The molecule has 0 aliphatic carbocycles. The summed E-state index contributed by atoms with van der Waals surface area (Å²) in [6, 6.07) is 1.52. The summed E-state index contributed by atoms with van der Waals surface area (Å²) in [7, 11) is -3.45. The van der Waals surface area contributed by atoms with Crippen LogP contribution in [0, 0.1) is 0 Å². The molecule has 0 bridgehead atoms. The first-order chi connectivity index (χ1) is 6.99. The van der Waals surface area contributed by atoms with Gasteiger partial charge in [-0.1, -0.05) is 0 Å². The van der Waals surface area contributed by atoms with Crippen LogP contribution in [0.2, 0.25) is 0 Å². The standard InChI is InChI=1S/C8H12N2O4S/c9-15(12,13)5-1-3-10-8(11)7-2-4-14-6-7/h2,4,6H,1,3,5H2,(H,10,11)(H2,9,12,13). The van der Waals surface area contributed by atoms with Crippen molar-refractivity contribution in [3.8, 4) is 0 Å². The molecule has 0 saturated heterocycles. The van der Waals surface area contributed by atoms with Gasteiger partial charge in [0.05, 0.1) is 17.6 Å².